The van der Waals surface area contributed by atoms with Crippen LogP contribution in [0.2, 0.25) is 0 Å². The van der Waals surface area contributed by atoms with Gasteiger partial charge in [-0.25, -0.2) is 0 Å². The van der Waals surface area contributed by atoms with Gasteiger partial charge >= 0.3 is 0 Å². The molecule has 1 aromatic rings. The molecule has 84 valence electrons. The van der Waals surface area contributed by atoms with Crippen LogP contribution in [0.25, 0.3) is 0 Å². The van der Waals surface area contributed by atoms with Crippen LogP contribution in [0.4, 0.5) is 0 Å². The van der Waals surface area contributed by atoms with Crippen LogP contribution in [0.1, 0.15) is 18.9 Å². The molecule has 4 nitrogen and oxygen atoms in total. The maximum Gasteiger partial charge on any atom is 0.0534 e. The van der Waals surface area contributed by atoms with Crippen LogP contribution in [-0.2, 0) is 18.3 Å². The molecule has 0 aromatic carbocycles. The summed E-state index contributed by atoms with van der Waals surface area (Å²) in [6.45, 7) is 4.95. The summed E-state index contributed by atoms with van der Waals surface area (Å²) in [5.41, 5.74) is 1.24. The molecule has 2 unspecified atom stereocenters. The summed E-state index contributed by atoms with van der Waals surface area (Å²) in [5, 5.41) is 7.66. The largest absolute Gasteiger partial charge is 0.381 e. The van der Waals surface area contributed by atoms with Gasteiger partial charge in [-0.3, -0.25) is 4.68 Å². The third-order valence-electron chi connectivity index (χ3n) is 3.06. The van der Waals surface area contributed by atoms with Crippen LogP contribution in [-0.4, -0.2) is 29.0 Å². The summed E-state index contributed by atoms with van der Waals surface area (Å²) in [6, 6.07) is 0.521. The van der Waals surface area contributed by atoms with Gasteiger partial charge in [0.1, 0.15) is 0 Å². The van der Waals surface area contributed by atoms with Crippen LogP contribution in [0.3, 0.4) is 0 Å². The van der Waals surface area contributed by atoms with Crippen molar-refractivity contribution < 1.29 is 4.74 Å². The molecule has 0 radical (unpaired) electrons. The number of nitrogens with zero attached hydrogens (tertiary/aromatic N) is 2. The minimum Gasteiger partial charge on any atom is -0.381 e. The predicted octanol–water partition coefficient (Wildman–Crippen LogP) is 0.935. The lowest BCUT2D eigenvalue weighted by molar-refractivity contribution is 0.178. The molecule has 0 amide bonds. The van der Waals surface area contributed by atoms with E-state index in [0.717, 1.165) is 19.8 Å². The summed E-state index contributed by atoms with van der Waals surface area (Å²) in [4.78, 5) is 0. The molecule has 1 N–H and O–H groups in total. The second kappa shape index (κ2) is 4.77. The third-order valence-corrected chi connectivity index (χ3v) is 3.06. The molecule has 1 fully saturated rings. The summed E-state index contributed by atoms with van der Waals surface area (Å²) in [5.74, 6) is 0.668. The molecule has 2 heterocycles. The highest BCUT2D eigenvalue weighted by molar-refractivity contribution is 5.03. The van der Waals surface area contributed by atoms with Gasteiger partial charge in [-0.15, -0.1) is 0 Å². The highest BCUT2D eigenvalue weighted by Crippen LogP contribution is 2.16. The van der Waals surface area contributed by atoms with Crippen molar-refractivity contribution in [2.45, 2.75) is 25.9 Å². The number of rotatable bonds is 4. The summed E-state index contributed by atoms with van der Waals surface area (Å²) in [7, 11) is 1.94. The van der Waals surface area contributed by atoms with Crippen molar-refractivity contribution in [1.82, 2.24) is 15.1 Å². The van der Waals surface area contributed by atoms with Crippen LogP contribution in [0.15, 0.2) is 12.4 Å². The summed E-state index contributed by atoms with van der Waals surface area (Å²) >= 11 is 0. The lowest BCUT2D eigenvalue weighted by atomic mass is 10.0. The van der Waals surface area contributed by atoms with Gasteiger partial charge < -0.3 is 10.1 Å². The number of aromatic nitrogens is 2. The Labute approximate surface area is 90.6 Å². The zero-order valence-corrected chi connectivity index (χ0v) is 9.44. The normalized spacial score (nSPS) is 23.2. The molecule has 0 saturated carbocycles. The first kappa shape index (κ1) is 10.6. The Morgan fingerprint density at radius 1 is 1.73 bits per heavy atom. The second-order valence-electron chi connectivity index (χ2n) is 4.32. The number of aryl methyl sites for hydroxylation is 1. The fourth-order valence-electron chi connectivity index (χ4n) is 1.96. The molecule has 2 atom stereocenters. The number of hydrogen-bond acceptors (Lipinski definition) is 3. The maximum absolute atomic E-state index is 5.38. The zero-order valence-electron chi connectivity index (χ0n) is 9.44. The van der Waals surface area contributed by atoms with Gasteiger partial charge in [0.05, 0.1) is 12.8 Å². The number of ether oxygens (including phenoxy) is 1. The summed E-state index contributed by atoms with van der Waals surface area (Å²) in [6.07, 6.45) is 5.14. The number of nitrogens with one attached hydrogen (secondary N) is 1. The van der Waals surface area contributed by atoms with Crippen LogP contribution < -0.4 is 5.32 Å². The van der Waals surface area contributed by atoms with Crippen molar-refractivity contribution in [3.63, 3.8) is 0 Å². The van der Waals surface area contributed by atoms with E-state index in [0.29, 0.717) is 12.0 Å². The average Bonchev–Trinajstić information content (AvgIpc) is 2.84. The second-order valence-corrected chi connectivity index (χ2v) is 4.32. The highest BCUT2D eigenvalue weighted by Gasteiger charge is 2.21. The first-order valence-corrected chi connectivity index (χ1v) is 5.54. The van der Waals surface area contributed by atoms with Gasteiger partial charge in [-0.2, -0.15) is 5.10 Å². The van der Waals surface area contributed by atoms with Crippen molar-refractivity contribution in [3.8, 4) is 0 Å². The minimum absolute atomic E-state index is 0.521. The fraction of sp³-hybridized carbons (Fsp3) is 0.727. The molecular weight excluding hydrogens is 190 g/mol. The monoisotopic (exact) mass is 209 g/mol. The van der Waals surface area contributed by atoms with Gasteiger partial charge in [0, 0.05) is 38.0 Å². The van der Waals surface area contributed by atoms with E-state index in [-0.39, 0.29) is 0 Å². The molecule has 2 rings (SSSR count). The maximum atomic E-state index is 5.38. The van der Waals surface area contributed by atoms with Gasteiger partial charge in [0.25, 0.3) is 0 Å². The minimum atomic E-state index is 0.521. The van der Waals surface area contributed by atoms with E-state index in [1.807, 2.05) is 24.1 Å². The number of hydrogen-bond donors (Lipinski definition) is 1. The molecule has 1 aliphatic rings. The smallest absolute Gasteiger partial charge is 0.0534 e. The summed E-state index contributed by atoms with van der Waals surface area (Å²) < 4.78 is 7.21. The predicted molar refractivity (Wildman–Crippen MR) is 58.4 cm³/mol. The molecule has 1 saturated heterocycles. The highest BCUT2D eigenvalue weighted by atomic mass is 16.5. The Bertz CT molecular complexity index is 305. The molecule has 0 aliphatic carbocycles. The zero-order chi connectivity index (χ0) is 10.7. The molecule has 1 aromatic heterocycles. The Hall–Kier alpha value is -0.870. The van der Waals surface area contributed by atoms with Gasteiger partial charge in [0.15, 0.2) is 0 Å². The van der Waals surface area contributed by atoms with E-state index in [9.17, 15) is 0 Å². The van der Waals surface area contributed by atoms with Crippen molar-refractivity contribution >= 4 is 0 Å². The van der Waals surface area contributed by atoms with E-state index in [1.54, 1.807) is 0 Å². The van der Waals surface area contributed by atoms with Crippen molar-refractivity contribution in [1.29, 1.82) is 0 Å². The lowest BCUT2D eigenvalue weighted by Gasteiger charge is -2.18. The first-order chi connectivity index (χ1) is 7.25. The SMILES string of the molecule is CC(NCc1cnn(C)c1)C1CCOC1. The van der Waals surface area contributed by atoms with Crippen LogP contribution >= 0.6 is 0 Å². The van der Waals surface area contributed by atoms with E-state index in [4.69, 9.17) is 4.74 Å². The Morgan fingerprint density at radius 2 is 2.60 bits per heavy atom. The van der Waals surface area contributed by atoms with E-state index < -0.39 is 0 Å². The van der Waals surface area contributed by atoms with Gasteiger partial charge in [0.2, 0.25) is 0 Å². The molecule has 0 bridgehead atoms. The van der Waals surface area contributed by atoms with Gasteiger partial charge in [-0.05, 0) is 19.3 Å². The topological polar surface area (TPSA) is 39.1 Å². The van der Waals surface area contributed by atoms with Gasteiger partial charge in [-0.1, -0.05) is 0 Å². The molecule has 1 aliphatic heterocycles. The van der Waals surface area contributed by atoms with E-state index >= 15 is 0 Å². The van der Waals surface area contributed by atoms with Crippen LogP contribution in [0, 0.1) is 5.92 Å². The molecular formula is C11H19N3O. The third kappa shape index (κ3) is 2.79. The van der Waals surface area contributed by atoms with E-state index in [2.05, 4.69) is 17.3 Å². The Kier molecular flexibility index (Phi) is 3.38. The molecule has 0 spiro atoms. The fourth-order valence-corrected chi connectivity index (χ4v) is 1.96. The van der Waals surface area contributed by atoms with E-state index in [1.165, 1.54) is 12.0 Å². The standard InChI is InChI=1S/C11H19N3O/c1-9(11-3-4-15-8-11)12-5-10-6-13-14(2)7-10/h6-7,9,11-12H,3-5,8H2,1-2H3. The van der Waals surface area contributed by atoms with Crippen molar-refractivity contribution in [2.75, 3.05) is 13.2 Å². The quantitative estimate of drug-likeness (QED) is 0.802. The van der Waals surface area contributed by atoms with Crippen molar-refractivity contribution in [3.05, 3.63) is 18.0 Å². The lowest BCUT2D eigenvalue weighted by Crippen LogP contribution is -2.33. The van der Waals surface area contributed by atoms with Crippen molar-refractivity contribution in [2.24, 2.45) is 13.0 Å². The Morgan fingerprint density at radius 3 is 3.20 bits per heavy atom. The Balaban J connectivity index is 1.77. The average molecular weight is 209 g/mol. The first-order valence-electron chi connectivity index (χ1n) is 5.54. The molecule has 15 heavy (non-hydrogen) atoms. The van der Waals surface area contributed by atoms with Crippen LogP contribution in [0.5, 0.6) is 0 Å². The molecule has 4 heteroatoms.